The second kappa shape index (κ2) is 16.1. The van der Waals surface area contributed by atoms with Crippen molar-refractivity contribution in [1.29, 1.82) is 0 Å². The molecule has 2 heterocycles. The van der Waals surface area contributed by atoms with Gasteiger partial charge in [-0.1, -0.05) is 30.3 Å². The van der Waals surface area contributed by atoms with Gasteiger partial charge >= 0.3 is 12.1 Å². The van der Waals surface area contributed by atoms with E-state index in [2.05, 4.69) is 31.2 Å². The zero-order valence-corrected chi connectivity index (χ0v) is 27.7. The van der Waals surface area contributed by atoms with E-state index >= 15 is 0 Å². The highest BCUT2D eigenvalue weighted by Crippen LogP contribution is 2.21. The van der Waals surface area contributed by atoms with E-state index in [9.17, 15) is 28.8 Å². The molecule has 1 fully saturated rings. The molecule has 5 amide bonds. The number of ether oxygens (including phenoxy) is 2. The Kier molecular flexibility index (Phi) is 12.5. The maximum atomic E-state index is 13.8. The van der Waals surface area contributed by atoms with Crippen LogP contribution in [-0.4, -0.2) is 93.4 Å². The van der Waals surface area contributed by atoms with Gasteiger partial charge in [0.25, 0.3) is 0 Å². The summed E-state index contributed by atoms with van der Waals surface area (Å²) in [5, 5.41) is 10.3. The molecule has 47 heavy (non-hydrogen) atoms. The summed E-state index contributed by atoms with van der Waals surface area (Å²) in [6.07, 6.45) is 2.48. The van der Waals surface area contributed by atoms with Gasteiger partial charge in [0.05, 0.1) is 12.7 Å². The van der Waals surface area contributed by atoms with Crippen molar-refractivity contribution >= 4 is 35.7 Å². The summed E-state index contributed by atoms with van der Waals surface area (Å²) in [5.74, 6) is -3.08. The van der Waals surface area contributed by atoms with E-state index in [0.717, 1.165) is 5.56 Å². The predicted octanol–water partition coefficient (Wildman–Crippen LogP) is 1.10. The Hall–Kier alpha value is -4.95. The van der Waals surface area contributed by atoms with E-state index in [-0.39, 0.29) is 26.0 Å². The van der Waals surface area contributed by atoms with Crippen LogP contribution in [0.2, 0.25) is 0 Å². The van der Waals surface area contributed by atoms with Crippen LogP contribution in [0.5, 0.6) is 0 Å². The lowest BCUT2D eigenvalue weighted by atomic mass is 10.0. The number of amides is 5. The third-order valence-corrected chi connectivity index (χ3v) is 7.29. The highest BCUT2D eigenvalue weighted by atomic mass is 16.6. The molecule has 1 aromatic carbocycles. The average molecular weight is 656 g/mol. The van der Waals surface area contributed by atoms with Crippen LogP contribution < -0.4 is 21.3 Å². The van der Waals surface area contributed by atoms with Gasteiger partial charge in [-0.2, -0.15) is 0 Å². The number of likely N-dealkylation sites (tertiary alicyclic amines) is 1. The lowest BCUT2D eigenvalue weighted by Crippen LogP contribution is -2.62. The van der Waals surface area contributed by atoms with Crippen molar-refractivity contribution < 1.29 is 38.2 Å². The van der Waals surface area contributed by atoms with Crippen LogP contribution in [0.1, 0.15) is 65.1 Å². The van der Waals surface area contributed by atoms with Crippen LogP contribution in [0.3, 0.4) is 0 Å². The third-order valence-electron chi connectivity index (χ3n) is 7.29. The topological polar surface area (TPSA) is 201 Å². The molecule has 0 aliphatic carbocycles. The number of aromatic nitrogens is 2. The number of rotatable bonds is 13. The number of hydrogen-bond donors (Lipinski definition) is 5. The van der Waals surface area contributed by atoms with Gasteiger partial charge in [-0.3, -0.25) is 24.0 Å². The van der Waals surface area contributed by atoms with Gasteiger partial charge in [-0.25, -0.2) is 9.78 Å². The van der Waals surface area contributed by atoms with E-state index in [1.165, 1.54) is 38.3 Å². The summed E-state index contributed by atoms with van der Waals surface area (Å²) >= 11 is 0. The Labute approximate surface area is 273 Å². The summed E-state index contributed by atoms with van der Waals surface area (Å²) in [4.78, 5) is 86.7. The second-order valence-corrected chi connectivity index (χ2v) is 12.8. The minimum atomic E-state index is -1.48. The van der Waals surface area contributed by atoms with Gasteiger partial charge in [0, 0.05) is 31.9 Å². The van der Waals surface area contributed by atoms with Gasteiger partial charge in [0.2, 0.25) is 23.6 Å². The molecule has 1 aliphatic rings. The van der Waals surface area contributed by atoms with E-state index in [4.69, 9.17) is 9.47 Å². The number of esters is 1. The SMILES string of the molecule is CNC(=O)[C@H](Cc1cnc[nH]1)NC(=O)C(C)(C)NC(=O)[C@@H]1CCCN1C(=O)[C@H](CC(=O)OCc1ccccc1)NC(=O)OC(C)(C)C. The van der Waals surface area contributed by atoms with E-state index in [1.807, 2.05) is 6.07 Å². The first-order chi connectivity index (χ1) is 22.1. The number of imidazole rings is 1. The smallest absolute Gasteiger partial charge is 0.408 e. The lowest BCUT2D eigenvalue weighted by molar-refractivity contribution is -0.149. The molecule has 15 nitrogen and oxygen atoms in total. The lowest BCUT2D eigenvalue weighted by Gasteiger charge is -2.32. The summed E-state index contributed by atoms with van der Waals surface area (Å²) in [6, 6.07) is 5.66. The molecule has 1 saturated heterocycles. The minimum absolute atomic E-state index is 0.0262. The van der Waals surface area contributed by atoms with Crippen molar-refractivity contribution in [3.63, 3.8) is 0 Å². The van der Waals surface area contributed by atoms with Crippen LogP contribution in [-0.2, 0) is 46.5 Å². The highest BCUT2D eigenvalue weighted by Gasteiger charge is 2.42. The first-order valence-electron chi connectivity index (χ1n) is 15.4. The number of aromatic amines is 1. The molecule has 2 aromatic rings. The summed E-state index contributed by atoms with van der Waals surface area (Å²) in [5.41, 5.74) is -0.985. The van der Waals surface area contributed by atoms with Gasteiger partial charge < -0.3 is 40.6 Å². The number of nitrogens with one attached hydrogen (secondary N) is 5. The highest BCUT2D eigenvalue weighted by molar-refractivity contribution is 5.97. The molecule has 256 valence electrons. The van der Waals surface area contributed by atoms with Crippen LogP contribution in [0.4, 0.5) is 4.79 Å². The molecule has 0 radical (unpaired) electrons. The van der Waals surface area contributed by atoms with Crippen molar-refractivity contribution in [2.24, 2.45) is 0 Å². The van der Waals surface area contributed by atoms with E-state index < -0.39 is 71.4 Å². The molecule has 1 aromatic heterocycles. The molecule has 0 spiro atoms. The Morgan fingerprint density at radius 2 is 1.72 bits per heavy atom. The molecule has 3 atom stereocenters. The first-order valence-corrected chi connectivity index (χ1v) is 15.4. The Morgan fingerprint density at radius 1 is 1.02 bits per heavy atom. The van der Waals surface area contributed by atoms with Gasteiger partial charge in [-0.15, -0.1) is 0 Å². The predicted molar refractivity (Wildman–Crippen MR) is 169 cm³/mol. The number of likely N-dealkylation sites (N-methyl/N-ethyl adjacent to an activating group) is 1. The Bertz CT molecular complexity index is 1410. The minimum Gasteiger partial charge on any atom is -0.461 e. The normalized spacial score (nSPS) is 16.0. The van der Waals surface area contributed by atoms with Crippen LogP contribution in [0, 0.1) is 0 Å². The Morgan fingerprint density at radius 3 is 2.34 bits per heavy atom. The van der Waals surface area contributed by atoms with Crippen molar-refractivity contribution in [3.8, 4) is 0 Å². The summed E-state index contributed by atoms with van der Waals surface area (Å²) in [6.45, 7) is 8.08. The Balaban J connectivity index is 1.71. The molecular formula is C32H45N7O8. The van der Waals surface area contributed by atoms with E-state index in [0.29, 0.717) is 12.1 Å². The van der Waals surface area contributed by atoms with E-state index in [1.54, 1.807) is 45.0 Å². The molecule has 0 saturated carbocycles. The van der Waals surface area contributed by atoms with Crippen LogP contribution >= 0.6 is 0 Å². The standard InChI is InChI=1S/C32H45N7O8/c1-31(2,3)47-30(45)37-23(16-25(40)46-18-20-11-8-7-9-12-20)28(43)39-14-10-13-24(39)27(42)38-32(4,5)29(44)36-22(26(41)33-6)15-21-17-34-19-35-21/h7-9,11-12,17,19,22-24H,10,13-16,18H2,1-6H3,(H,33,41)(H,34,35)(H,36,44)(H,37,45)(H,38,42)/t22-,23-,24-/m0/s1. The van der Waals surface area contributed by atoms with Crippen molar-refractivity contribution in [3.05, 3.63) is 54.1 Å². The fourth-order valence-electron chi connectivity index (χ4n) is 4.90. The average Bonchev–Trinajstić information content (AvgIpc) is 3.71. The molecule has 0 unspecified atom stereocenters. The fraction of sp³-hybridized carbons (Fsp3) is 0.531. The number of carbonyl (C=O) groups excluding carboxylic acids is 6. The molecule has 15 heteroatoms. The van der Waals surface area contributed by atoms with Crippen molar-refractivity contribution in [2.45, 2.75) is 96.2 Å². The molecular weight excluding hydrogens is 610 g/mol. The first kappa shape index (κ1) is 36.5. The van der Waals surface area contributed by atoms with Gasteiger partial charge in [0.15, 0.2) is 0 Å². The summed E-state index contributed by atoms with van der Waals surface area (Å²) < 4.78 is 10.7. The number of carbonyl (C=O) groups is 6. The quantitative estimate of drug-likeness (QED) is 0.196. The fourth-order valence-corrected chi connectivity index (χ4v) is 4.90. The second-order valence-electron chi connectivity index (χ2n) is 12.8. The number of H-pyrrole nitrogens is 1. The summed E-state index contributed by atoms with van der Waals surface area (Å²) in [7, 11) is 1.45. The number of nitrogens with zero attached hydrogens (tertiary/aromatic N) is 2. The molecule has 1 aliphatic heterocycles. The van der Waals surface area contributed by atoms with Crippen LogP contribution in [0.25, 0.3) is 0 Å². The van der Waals surface area contributed by atoms with Crippen molar-refractivity contribution in [1.82, 2.24) is 36.1 Å². The number of benzene rings is 1. The number of alkyl carbamates (subject to hydrolysis) is 1. The molecule has 5 N–H and O–H groups in total. The third kappa shape index (κ3) is 11.1. The molecule has 0 bridgehead atoms. The zero-order chi connectivity index (χ0) is 34.8. The van der Waals surface area contributed by atoms with Crippen LogP contribution in [0.15, 0.2) is 42.9 Å². The maximum absolute atomic E-state index is 13.8. The largest absolute Gasteiger partial charge is 0.461 e. The van der Waals surface area contributed by atoms with Gasteiger partial charge in [-0.05, 0) is 53.0 Å². The number of hydrogen-bond acceptors (Lipinski definition) is 9. The monoisotopic (exact) mass is 655 g/mol. The van der Waals surface area contributed by atoms with Gasteiger partial charge in [0.1, 0.15) is 35.9 Å². The zero-order valence-electron chi connectivity index (χ0n) is 27.7. The van der Waals surface area contributed by atoms with Crippen molar-refractivity contribution in [2.75, 3.05) is 13.6 Å². The maximum Gasteiger partial charge on any atom is 0.408 e. The molecule has 3 rings (SSSR count).